The van der Waals surface area contributed by atoms with Gasteiger partial charge in [0.2, 0.25) is 0 Å². The van der Waals surface area contributed by atoms with Crippen LogP contribution in [0.25, 0.3) is 5.65 Å². The van der Waals surface area contributed by atoms with E-state index in [1.807, 2.05) is 40.7 Å². The van der Waals surface area contributed by atoms with Crippen molar-refractivity contribution in [3.8, 4) is 0 Å². The monoisotopic (exact) mass is 291 g/mol. The van der Waals surface area contributed by atoms with Gasteiger partial charge in [-0.15, -0.1) is 0 Å². The Morgan fingerprint density at radius 3 is 2.86 bits per heavy atom. The number of aliphatic hydroxyl groups is 2. The lowest BCUT2D eigenvalue weighted by molar-refractivity contribution is -0.0573. The fourth-order valence-corrected chi connectivity index (χ4v) is 2.91. The Kier molecular flexibility index (Phi) is 3.84. The summed E-state index contributed by atoms with van der Waals surface area (Å²) in [6, 6.07) is 5.72. The van der Waals surface area contributed by atoms with E-state index in [4.69, 9.17) is 4.74 Å². The molecule has 6 nitrogen and oxygen atoms in total. The molecule has 3 heterocycles. The predicted octanol–water partition coefficient (Wildman–Crippen LogP) is 0.804. The van der Waals surface area contributed by atoms with E-state index < -0.39 is 5.60 Å². The third-order valence-corrected chi connectivity index (χ3v) is 4.07. The number of nitrogens with zero attached hydrogens (tertiary/aromatic N) is 3. The standard InChI is InChI=1S/C15H21N3O3/c1-17(11-15(20)5-8-21-9-6-15)14-12(10-19)18-7-3-2-4-13(18)16-14/h2-4,7,19-20H,5-6,8-11H2,1H3. The molecule has 0 unspecified atom stereocenters. The summed E-state index contributed by atoms with van der Waals surface area (Å²) in [4.78, 5) is 6.49. The van der Waals surface area contributed by atoms with Gasteiger partial charge in [0.25, 0.3) is 0 Å². The molecule has 3 rings (SSSR count). The van der Waals surface area contributed by atoms with Gasteiger partial charge in [-0.25, -0.2) is 4.98 Å². The molecule has 1 aliphatic heterocycles. The first kappa shape index (κ1) is 14.3. The van der Waals surface area contributed by atoms with Gasteiger partial charge in [-0.2, -0.15) is 0 Å². The summed E-state index contributed by atoms with van der Waals surface area (Å²) in [7, 11) is 1.90. The summed E-state index contributed by atoms with van der Waals surface area (Å²) >= 11 is 0. The number of fused-ring (bicyclic) bond motifs is 1. The molecule has 0 amide bonds. The summed E-state index contributed by atoms with van der Waals surface area (Å²) in [5.41, 5.74) is 0.779. The molecule has 0 spiro atoms. The average molecular weight is 291 g/mol. The fraction of sp³-hybridized carbons (Fsp3) is 0.533. The number of hydrogen-bond acceptors (Lipinski definition) is 5. The van der Waals surface area contributed by atoms with Gasteiger partial charge in [-0.3, -0.25) is 4.40 Å². The minimum absolute atomic E-state index is 0.0909. The number of aliphatic hydroxyl groups excluding tert-OH is 1. The van der Waals surface area contributed by atoms with E-state index in [-0.39, 0.29) is 6.61 Å². The zero-order valence-corrected chi connectivity index (χ0v) is 12.2. The highest BCUT2D eigenvalue weighted by Crippen LogP contribution is 2.26. The van der Waals surface area contributed by atoms with Crippen LogP contribution in [0.1, 0.15) is 18.5 Å². The molecular weight excluding hydrogens is 270 g/mol. The van der Waals surface area contributed by atoms with Crippen LogP contribution >= 0.6 is 0 Å². The molecule has 1 fully saturated rings. The molecular formula is C15H21N3O3. The molecule has 0 saturated carbocycles. The van der Waals surface area contributed by atoms with E-state index in [9.17, 15) is 10.2 Å². The molecule has 21 heavy (non-hydrogen) atoms. The number of likely N-dealkylation sites (N-methyl/N-ethyl adjacent to an activating group) is 1. The summed E-state index contributed by atoms with van der Waals surface area (Å²) < 4.78 is 7.18. The lowest BCUT2D eigenvalue weighted by Gasteiger charge is -2.35. The quantitative estimate of drug-likeness (QED) is 0.872. The molecule has 0 bridgehead atoms. The second-order valence-corrected chi connectivity index (χ2v) is 5.66. The normalized spacial score (nSPS) is 18.0. The van der Waals surface area contributed by atoms with Gasteiger partial charge >= 0.3 is 0 Å². The van der Waals surface area contributed by atoms with Crippen molar-refractivity contribution in [2.24, 2.45) is 0 Å². The topological polar surface area (TPSA) is 70.2 Å². The van der Waals surface area contributed by atoms with Crippen LogP contribution in [0, 0.1) is 0 Å². The van der Waals surface area contributed by atoms with Crippen molar-refractivity contribution >= 4 is 11.5 Å². The van der Waals surface area contributed by atoms with Crippen LogP contribution in [-0.2, 0) is 11.3 Å². The fourth-order valence-electron chi connectivity index (χ4n) is 2.91. The molecule has 0 aliphatic carbocycles. The van der Waals surface area contributed by atoms with Crippen LogP contribution in [0.5, 0.6) is 0 Å². The minimum Gasteiger partial charge on any atom is -0.390 e. The predicted molar refractivity (Wildman–Crippen MR) is 79.4 cm³/mol. The first-order valence-corrected chi connectivity index (χ1v) is 7.21. The Labute approximate surface area is 123 Å². The van der Waals surface area contributed by atoms with Crippen molar-refractivity contribution < 1.29 is 14.9 Å². The number of imidazole rings is 1. The molecule has 0 atom stereocenters. The van der Waals surface area contributed by atoms with Crippen LogP contribution < -0.4 is 4.90 Å². The van der Waals surface area contributed by atoms with E-state index in [0.717, 1.165) is 11.3 Å². The molecule has 2 N–H and O–H groups in total. The van der Waals surface area contributed by atoms with Gasteiger partial charge in [-0.1, -0.05) is 6.07 Å². The number of hydrogen-bond donors (Lipinski definition) is 2. The largest absolute Gasteiger partial charge is 0.390 e. The Morgan fingerprint density at radius 1 is 1.38 bits per heavy atom. The number of anilines is 1. The van der Waals surface area contributed by atoms with Gasteiger partial charge in [0, 0.05) is 45.8 Å². The van der Waals surface area contributed by atoms with Gasteiger partial charge < -0.3 is 19.8 Å². The third kappa shape index (κ3) is 2.74. The van der Waals surface area contributed by atoms with Crippen molar-refractivity contribution in [1.82, 2.24) is 9.38 Å². The zero-order valence-electron chi connectivity index (χ0n) is 12.2. The molecule has 1 saturated heterocycles. The smallest absolute Gasteiger partial charge is 0.153 e. The summed E-state index contributed by atoms with van der Waals surface area (Å²) in [6.07, 6.45) is 3.13. The van der Waals surface area contributed by atoms with Crippen molar-refractivity contribution in [2.45, 2.75) is 25.0 Å². The highest BCUT2D eigenvalue weighted by molar-refractivity contribution is 5.55. The zero-order chi connectivity index (χ0) is 14.9. The van der Waals surface area contributed by atoms with Crippen LogP contribution in [-0.4, -0.2) is 52.0 Å². The lowest BCUT2D eigenvalue weighted by atomic mass is 9.94. The third-order valence-electron chi connectivity index (χ3n) is 4.07. The number of ether oxygens (including phenoxy) is 1. The number of pyridine rings is 1. The Bertz CT molecular complexity index is 620. The maximum atomic E-state index is 10.6. The molecule has 2 aromatic rings. The van der Waals surface area contributed by atoms with Crippen molar-refractivity contribution in [1.29, 1.82) is 0 Å². The molecule has 114 valence electrons. The summed E-state index contributed by atoms with van der Waals surface area (Å²) in [5, 5.41) is 20.3. The van der Waals surface area contributed by atoms with Crippen LogP contribution in [0.15, 0.2) is 24.4 Å². The van der Waals surface area contributed by atoms with Crippen LogP contribution in [0.2, 0.25) is 0 Å². The maximum Gasteiger partial charge on any atom is 0.153 e. The molecule has 0 aromatic carbocycles. The molecule has 0 radical (unpaired) electrons. The van der Waals surface area contributed by atoms with E-state index in [2.05, 4.69) is 4.98 Å². The number of rotatable bonds is 4. The second kappa shape index (κ2) is 5.63. The SMILES string of the molecule is CN(CC1(O)CCOCC1)c1nc2ccccn2c1CO. The summed E-state index contributed by atoms with van der Waals surface area (Å²) in [5.74, 6) is 0.712. The molecule has 1 aliphatic rings. The Hall–Kier alpha value is -1.63. The average Bonchev–Trinajstić information content (AvgIpc) is 2.86. The second-order valence-electron chi connectivity index (χ2n) is 5.66. The van der Waals surface area contributed by atoms with Gasteiger partial charge in [-0.05, 0) is 12.1 Å². The van der Waals surface area contributed by atoms with E-state index >= 15 is 0 Å². The molecule has 6 heteroatoms. The minimum atomic E-state index is -0.754. The lowest BCUT2D eigenvalue weighted by Crippen LogP contribution is -2.46. The van der Waals surface area contributed by atoms with Crippen molar-refractivity contribution in [2.75, 3.05) is 31.7 Å². The number of aromatic nitrogens is 2. The Morgan fingerprint density at radius 2 is 2.14 bits per heavy atom. The van der Waals surface area contributed by atoms with Gasteiger partial charge in [0.05, 0.1) is 17.9 Å². The van der Waals surface area contributed by atoms with Gasteiger partial charge in [0.1, 0.15) is 5.65 Å². The first-order chi connectivity index (χ1) is 10.1. The highest BCUT2D eigenvalue weighted by atomic mass is 16.5. The van der Waals surface area contributed by atoms with Crippen molar-refractivity contribution in [3.63, 3.8) is 0 Å². The maximum absolute atomic E-state index is 10.6. The van der Waals surface area contributed by atoms with Crippen LogP contribution in [0.4, 0.5) is 5.82 Å². The molecule has 2 aromatic heterocycles. The van der Waals surface area contributed by atoms with E-state index in [1.165, 1.54) is 0 Å². The van der Waals surface area contributed by atoms with Gasteiger partial charge in [0.15, 0.2) is 5.82 Å². The van der Waals surface area contributed by atoms with Crippen LogP contribution in [0.3, 0.4) is 0 Å². The summed E-state index contributed by atoms with van der Waals surface area (Å²) in [6.45, 7) is 1.56. The highest BCUT2D eigenvalue weighted by Gasteiger charge is 2.32. The first-order valence-electron chi connectivity index (χ1n) is 7.21. The van der Waals surface area contributed by atoms with E-state index in [1.54, 1.807) is 0 Å². The van der Waals surface area contributed by atoms with E-state index in [0.29, 0.717) is 38.4 Å². The Balaban J connectivity index is 1.88. The van der Waals surface area contributed by atoms with Crippen molar-refractivity contribution in [3.05, 3.63) is 30.1 Å².